The Bertz CT molecular complexity index is 603. The van der Waals surface area contributed by atoms with Gasteiger partial charge in [0.25, 0.3) is 0 Å². The molecule has 3 rings (SSSR count). The van der Waals surface area contributed by atoms with Crippen LogP contribution in [0.3, 0.4) is 0 Å². The third-order valence-corrected chi connectivity index (χ3v) is 4.97. The summed E-state index contributed by atoms with van der Waals surface area (Å²) in [6, 6.07) is 7.95. The van der Waals surface area contributed by atoms with Crippen molar-refractivity contribution < 1.29 is 19.1 Å². The zero-order valence-corrected chi connectivity index (χ0v) is 14.9. The molecule has 0 aromatic heterocycles. The van der Waals surface area contributed by atoms with E-state index in [1.165, 1.54) is 5.56 Å². The Hall–Kier alpha value is -2.04. The number of rotatable bonds is 7. The van der Waals surface area contributed by atoms with E-state index in [9.17, 15) is 9.59 Å². The average molecular weight is 345 g/mol. The zero-order valence-electron chi connectivity index (χ0n) is 14.9. The summed E-state index contributed by atoms with van der Waals surface area (Å²) in [5.41, 5.74) is 1.22. The fourth-order valence-corrected chi connectivity index (χ4v) is 3.20. The van der Waals surface area contributed by atoms with E-state index < -0.39 is 0 Å². The Morgan fingerprint density at radius 2 is 1.84 bits per heavy atom. The van der Waals surface area contributed by atoms with Crippen LogP contribution in [0.1, 0.15) is 38.2 Å². The molecule has 0 atom stereocenters. The normalized spacial score (nSPS) is 18.0. The molecule has 5 nitrogen and oxygen atoms in total. The van der Waals surface area contributed by atoms with Crippen LogP contribution in [0.2, 0.25) is 0 Å². The predicted octanol–water partition coefficient (Wildman–Crippen LogP) is 2.82. The number of carbonyl (C=O) groups is 2. The van der Waals surface area contributed by atoms with Crippen LogP contribution in [0, 0.1) is 11.8 Å². The molecule has 2 fully saturated rings. The molecule has 1 heterocycles. The summed E-state index contributed by atoms with van der Waals surface area (Å²) in [5.74, 6) is 1.08. The average Bonchev–Trinajstić information content (AvgIpc) is 3.50. The van der Waals surface area contributed by atoms with E-state index >= 15 is 0 Å². The lowest BCUT2D eigenvalue weighted by Crippen LogP contribution is -2.41. The van der Waals surface area contributed by atoms with Crippen LogP contribution < -0.4 is 4.74 Å². The molecule has 1 aliphatic heterocycles. The molecule has 1 aliphatic carbocycles. The second kappa shape index (κ2) is 8.37. The number of likely N-dealkylation sites (tertiary alicyclic amines) is 1. The van der Waals surface area contributed by atoms with Gasteiger partial charge in [-0.3, -0.25) is 9.59 Å². The van der Waals surface area contributed by atoms with Gasteiger partial charge < -0.3 is 14.4 Å². The highest BCUT2D eigenvalue weighted by Crippen LogP contribution is 2.32. The Morgan fingerprint density at radius 1 is 1.08 bits per heavy atom. The minimum absolute atomic E-state index is 0.0910. The van der Waals surface area contributed by atoms with Gasteiger partial charge in [-0.1, -0.05) is 19.1 Å². The topological polar surface area (TPSA) is 55.8 Å². The van der Waals surface area contributed by atoms with Crippen molar-refractivity contribution in [2.45, 2.75) is 39.0 Å². The Labute approximate surface area is 149 Å². The number of ether oxygens (including phenoxy) is 2. The minimum atomic E-state index is -0.163. The fourth-order valence-electron chi connectivity index (χ4n) is 3.20. The lowest BCUT2D eigenvalue weighted by atomic mass is 9.97. The molecule has 0 N–H and O–H groups in total. The summed E-state index contributed by atoms with van der Waals surface area (Å²) in [4.78, 5) is 26.1. The molecule has 1 saturated carbocycles. The van der Waals surface area contributed by atoms with Gasteiger partial charge in [0.2, 0.25) is 5.91 Å². The number of carbonyl (C=O) groups excluding carboxylic acids is 2. The van der Waals surface area contributed by atoms with E-state index in [0.29, 0.717) is 32.5 Å². The molecule has 5 heteroatoms. The molecule has 1 saturated heterocycles. The molecule has 2 aliphatic rings. The maximum Gasteiger partial charge on any atom is 0.309 e. The first-order chi connectivity index (χ1) is 12.2. The summed E-state index contributed by atoms with van der Waals surface area (Å²) in [6.45, 7) is 4.07. The van der Waals surface area contributed by atoms with Crippen LogP contribution in [0.4, 0.5) is 0 Å². The van der Waals surface area contributed by atoms with Crippen molar-refractivity contribution in [1.82, 2.24) is 4.90 Å². The maximum absolute atomic E-state index is 12.2. The number of benzene rings is 1. The number of hydrogen-bond donors (Lipinski definition) is 0. The van der Waals surface area contributed by atoms with Crippen LogP contribution in [-0.2, 0) is 20.7 Å². The van der Waals surface area contributed by atoms with E-state index in [-0.39, 0.29) is 30.3 Å². The Morgan fingerprint density at radius 3 is 2.52 bits per heavy atom. The van der Waals surface area contributed by atoms with Gasteiger partial charge in [0.15, 0.2) is 0 Å². The van der Waals surface area contributed by atoms with Gasteiger partial charge in [-0.2, -0.15) is 0 Å². The van der Waals surface area contributed by atoms with Gasteiger partial charge in [-0.25, -0.2) is 0 Å². The molecule has 136 valence electrons. The zero-order chi connectivity index (χ0) is 17.6. The quantitative estimate of drug-likeness (QED) is 0.563. The van der Waals surface area contributed by atoms with Crippen LogP contribution in [-0.4, -0.2) is 43.1 Å². The summed E-state index contributed by atoms with van der Waals surface area (Å²) in [7, 11) is 0. The highest BCUT2D eigenvalue weighted by atomic mass is 16.6. The second-order valence-corrected chi connectivity index (χ2v) is 6.89. The lowest BCUT2D eigenvalue weighted by molar-refractivity contribution is -0.152. The first kappa shape index (κ1) is 17.8. The van der Waals surface area contributed by atoms with Gasteiger partial charge in [0.1, 0.15) is 19.0 Å². The number of piperidine rings is 1. The lowest BCUT2D eigenvalue weighted by Gasteiger charge is -2.31. The van der Waals surface area contributed by atoms with Crippen molar-refractivity contribution in [2.75, 3.05) is 26.3 Å². The molecule has 0 radical (unpaired) electrons. The van der Waals surface area contributed by atoms with Crippen LogP contribution >= 0.6 is 0 Å². The molecule has 0 spiro atoms. The van der Waals surface area contributed by atoms with Crippen LogP contribution in [0.5, 0.6) is 5.75 Å². The number of nitrogens with zero attached hydrogens (tertiary/aromatic N) is 1. The fraction of sp³-hybridized carbons (Fsp3) is 0.600. The first-order valence-electron chi connectivity index (χ1n) is 9.34. The molecule has 0 unspecified atom stereocenters. The largest absolute Gasteiger partial charge is 0.490 e. The molecule has 1 aromatic rings. The standard InChI is InChI=1S/C20H27NO4/c1-2-15-4-3-5-18(14-15)24-12-13-25-20(23)17-8-10-21(11-9-17)19(22)16-6-7-16/h3-5,14,16-17H,2,6-13H2,1H3. The Kier molecular flexibility index (Phi) is 5.95. The van der Waals surface area contributed by atoms with E-state index in [1.54, 1.807) is 0 Å². The highest BCUT2D eigenvalue weighted by Gasteiger charge is 2.36. The predicted molar refractivity (Wildman–Crippen MR) is 94.3 cm³/mol. The van der Waals surface area contributed by atoms with Gasteiger partial charge in [0, 0.05) is 19.0 Å². The van der Waals surface area contributed by atoms with Crippen molar-refractivity contribution in [3.8, 4) is 5.75 Å². The van der Waals surface area contributed by atoms with Crippen molar-refractivity contribution in [3.63, 3.8) is 0 Å². The molecule has 25 heavy (non-hydrogen) atoms. The molecule has 0 bridgehead atoms. The number of amides is 1. The van der Waals surface area contributed by atoms with Crippen molar-refractivity contribution in [2.24, 2.45) is 11.8 Å². The first-order valence-corrected chi connectivity index (χ1v) is 9.34. The minimum Gasteiger partial charge on any atom is -0.490 e. The molecular formula is C20H27NO4. The monoisotopic (exact) mass is 345 g/mol. The summed E-state index contributed by atoms with van der Waals surface area (Å²) >= 11 is 0. The summed E-state index contributed by atoms with van der Waals surface area (Å²) < 4.78 is 11.0. The Balaban J connectivity index is 1.33. The smallest absolute Gasteiger partial charge is 0.309 e. The third-order valence-electron chi connectivity index (χ3n) is 4.97. The number of esters is 1. The number of aryl methyl sites for hydroxylation is 1. The van der Waals surface area contributed by atoms with Crippen LogP contribution in [0.25, 0.3) is 0 Å². The van der Waals surface area contributed by atoms with Gasteiger partial charge in [-0.15, -0.1) is 0 Å². The second-order valence-electron chi connectivity index (χ2n) is 6.89. The molecule has 1 aromatic carbocycles. The molecular weight excluding hydrogens is 318 g/mol. The summed E-state index contributed by atoms with van der Waals surface area (Å²) in [6.07, 6.45) is 4.44. The summed E-state index contributed by atoms with van der Waals surface area (Å²) in [5, 5.41) is 0. The van der Waals surface area contributed by atoms with Crippen molar-refractivity contribution >= 4 is 11.9 Å². The molecule has 1 amide bonds. The maximum atomic E-state index is 12.2. The van der Waals surface area contributed by atoms with E-state index in [0.717, 1.165) is 25.0 Å². The van der Waals surface area contributed by atoms with E-state index in [2.05, 4.69) is 13.0 Å². The third kappa shape index (κ3) is 4.97. The van der Waals surface area contributed by atoms with Crippen molar-refractivity contribution in [1.29, 1.82) is 0 Å². The van der Waals surface area contributed by atoms with Crippen LogP contribution in [0.15, 0.2) is 24.3 Å². The number of hydrogen-bond acceptors (Lipinski definition) is 4. The van der Waals surface area contributed by atoms with E-state index in [4.69, 9.17) is 9.47 Å². The van der Waals surface area contributed by atoms with E-state index in [1.807, 2.05) is 23.1 Å². The van der Waals surface area contributed by atoms with Gasteiger partial charge >= 0.3 is 5.97 Å². The van der Waals surface area contributed by atoms with Gasteiger partial charge in [-0.05, 0) is 49.8 Å². The van der Waals surface area contributed by atoms with Gasteiger partial charge in [0.05, 0.1) is 5.92 Å². The SMILES string of the molecule is CCc1cccc(OCCOC(=O)C2CCN(C(=O)C3CC3)CC2)c1. The highest BCUT2D eigenvalue weighted by molar-refractivity contribution is 5.81. The van der Waals surface area contributed by atoms with Crippen molar-refractivity contribution in [3.05, 3.63) is 29.8 Å².